The molecule has 5 nitrogen and oxygen atoms in total. The van der Waals surface area contributed by atoms with E-state index in [-0.39, 0.29) is 16.7 Å². The zero-order valence-electron chi connectivity index (χ0n) is 13.2. The first kappa shape index (κ1) is 16.2. The highest BCUT2D eigenvalue weighted by Crippen LogP contribution is 2.43. The highest BCUT2D eigenvalue weighted by atomic mass is 32.2. The molecule has 0 radical (unpaired) electrons. The molecule has 0 unspecified atom stereocenters. The monoisotopic (exact) mass is 334 g/mol. The lowest BCUT2D eigenvalue weighted by Crippen LogP contribution is -2.26. The summed E-state index contributed by atoms with van der Waals surface area (Å²) >= 11 is 0. The average molecular weight is 334 g/mol. The number of nitrogens with one attached hydrogen (secondary N) is 2. The van der Waals surface area contributed by atoms with E-state index in [2.05, 4.69) is 22.2 Å². The maximum absolute atomic E-state index is 12.4. The van der Waals surface area contributed by atoms with Gasteiger partial charge in [0, 0.05) is 18.2 Å². The van der Waals surface area contributed by atoms with Crippen molar-refractivity contribution < 1.29 is 13.2 Å². The number of sulfonamides is 1. The van der Waals surface area contributed by atoms with Crippen LogP contribution in [-0.2, 0) is 14.8 Å². The van der Waals surface area contributed by atoms with Gasteiger partial charge < -0.3 is 5.32 Å². The van der Waals surface area contributed by atoms with Crippen molar-refractivity contribution in [3.63, 3.8) is 0 Å². The third-order valence-corrected chi connectivity index (χ3v) is 6.07. The van der Waals surface area contributed by atoms with E-state index in [1.807, 2.05) is 6.92 Å². The van der Waals surface area contributed by atoms with Gasteiger partial charge in [0.2, 0.25) is 15.9 Å². The van der Waals surface area contributed by atoms with Crippen LogP contribution < -0.4 is 10.0 Å². The molecule has 1 amide bonds. The Hall–Kier alpha value is -1.66. The molecule has 6 heteroatoms. The summed E-state index contributed by atoms with van der Waals surface area (Å²) in [6, 6.07) is 6.32. The molecule has 0 aromatic heterocycles. The van der Waals surface area contributed by atoms with Gasteiger partial charge in [-0.3, -0.25) is 4.79 Å². The summed E-state index contributed by atoms with van der Waals surface area (Å²) < 4.78 is 26.6. The molecule has 2 aliphatic rings. The minimum Gasteiger partial charge on any atom is -0.326 e. The number of hydrogen-bond acceptors (Lipinski definition) is 3. The van der Waals surface area contributed by atoms with E-state index >= 15 is 0 Å². The third-order valence-electron chi connectivity index (χ3n) is 4.59. The fourth-order valence-electron chi connectivity index (χ4n) is 3.35. The maximum Gasteiger partial charge on any atom is 0.240 e. The topological polar surface area (TPSA) is 75.3 Å². The molecule has 124 valence electrons. The molecular formula is C17H22N2O3S. The van der Waals surface area contributed by atoms with Crippen molar-refractivity contribution in [1.82, 2.24) is 4.72 Å². The molecule has 0 aliphatic heterocycles. The Morgan fingerprint density at radius 1 is 1.17 bits per heavy atom. The molecule has 1 saturated carbocycles. The van der Waals surface area contributed by atoms with Crippen LogP contribution in [0.15, 0.2) is 41.3 Å². The largest absolute Gasteiger partial charge is 0.326 e. The number of amides is 1. The van der Waals surface area contributed by atoms with E-state index in [0.717, 1.165) is 19.3 Å². The van der Waals surface area contributed by atoms with Gasteiger partial charge in [0.05, 0.1) is 4.90 Å². The normalized spacial score (nSPS) is 25.7. The number of benzene rings is 1. The van der Waals surface area contributed by atoms with Crippen LogP contribution in [-0.4, -0.2) is 20.9 Å². The number of anilines is 1. The third kappa shape index (κ3) is 3.48. The van der Waals surface area contributed by atoms with E-state index in [1.165, 1.54) is 12.1 Å². The Balaban J connectivity index is 1.64. The molecule has 2 bridgehead atoms. The second-order valence-electron chi connectivity index (χ2n) is 6.30. The number of allylic oxidation sites excluding steroid dienone is 2. The lowest BCUT2D eigenvalue weighted by atomic mass is 9.93. The lowest BCUT2D eigenvalue weighted by Gasteiger charge is -2.17. The summed E-state index contributed by atoms with van der Waals surface area (Å²) in [4.78, 5) is 12.6. The predicted molar refractivity (Wildman–Crippen MR) is 89.4 cm³/mol. The molecule has 0 heterocycles. The van der Waals surface area contributed by atoms with Crippen LogP contribution in [0.5, 0.6) is 0 Å². The second kappa shape index (κ2) is 6.45. The van der Waals surface area contributed by atoms with Crippen molar-refractivity contribution in [3.05, 3.63) is 36.4 Å². The molecule has 3 atom stereocenters. The standard InChI is InChI=1S/C17H22N2O3S/c1-2-9-18-23(21,22)15-7-5-14(6-8-15)19-17(20)16-11-12-3-4-13(16)10-12/h3-8,12-13,16,18H,2,9-11H2,1H3,(H,19,20)/t12-,13+,16-/m0/s1. The smallest absolute Gasteiger partial charge is 0.240 e. The van der Waals surface area contributed by atoms with Gasteiger partial charge >= 0.3 is 0 Å². The minimum atomic E-state index is -3.46. The van der Waals surface area contributed by atoms with Crippen molar-refractivity contribution in [2.24, 2.45) is 17.8 Å². The van der Waals surface area contributed by atoms with Crippen LogP contribution in [0, 0.1) is 17.8 Å². The minimum absolute atomic E-state index is 0.0292. The number of carbonyl (C=O) groups excluding carboxylic acids is 1. The summed E-state index contributed by atoms with van der Waals surface area (Å²) in [5, 5.41) is 2.90. The highest BCUT2D eigenvalue weighted by Gasteiger charge is 2.39. The van der Waals surface area contributed by atoms with Crippen LogP contribution >= 0.6 is 0 Å². The summed E-state index contributed by atoms with van der Waals surface area (Å²) in [7, 11) is -3.46. The molecule has 1 aromatic carbocycles. The van der Waals surface area contributed by atoms with E-state index < -0.39 is 10.0 Å². The van der Waals surface area contributed by atoms with Crippen molar-refractivity contribution in [2.75, 3.05) is 11.9 Å². The van der Waals surface area contributed by atoms with Gasteiger partial charge in [-0.05, 0) is 55.4 Å². The zero-order valence-corrected chi connectivity index (χ0v) is 14.0. The van der Waals surface area contributed by atoms with E-state index in [0.29, 0.717) is 24.1 Å². The average Bonchev–Trinajstić information content (AvgIpc) is 3.16. The number of fused-ring (bicyclic) bond motifs is 2. The van der Waals surface area contributed by atoms with Gasteiger partial charge in [0.1, 0.15) is 0 Å². The summed E-state index contributed by atoms with van der Waals surface area (Å²) in [6.45, 7) is 2.32. The van der Waals surface area contributed by atoms with Gasteiger partial charge in [-0.15, -0.1) is 0 Å². The van der Waals surface area contributed by atoms with Crippen molar-refractivity contribution >= 4 is 21.6 Å². The number of carbonyl (C=O) groups is 1. The SMILES string of the molecule is CCCNS(=O)(=O)c1ccc(NC(=O)[C@H]2C[C@H]3C=C[C@@H]2C3)cc1. The van der Waals surface area contributed by atoms with Crippen molar-refractivity contribution in [3.8, 4) is 0 Å². The molecule has 2 aliphatic carbocycles. The van der Waals surface area contributed by atoms with Gasteiger partial charge in [0.15, 0.2) is 0 Å². The number of rotatable bonds is 6. The Morgan fingerprint density at radius 2 is 1.91 bits per heavy atom. The summed E-state index contributed by atoms with van der Waals surface area (Å²) in [6.07, 6.45) is 7.09. The van der Waals surface area contributed by atoms with E-state index in [9.17, 15) is 13.2 Å². The first-order chi connectivity index (χ1) is 11.0. The fourth-order valence-corrected chi connectivity index (χ4v) is 4.49. The summed E-state index contributed by atoms with van der Waals surface area (Å²) in [5.74, 6) is 0.979. The summed E-state index contributed by atoms with van der Waals surface area (Å²) in [5.41, 5.74) is 0.635. The second-order valence-corrected chi connectivity index (χ2v) is 8.07. The van der Waals surface area contributed by atoms with E-state index in [1.54, 1.807) is 12.1 Å². The first-order valence-electron chi connectivity index (χ1n) is 8.08. The van der Waals surface area contributed by atoms with Crippen molar-refractivity contribution in [2.45, 2.75) is 31.1 Å². The van der Waals surface area contributed by atoms with Gasteiger partial charge in [-0.2, -0.15) is 0 Å². The molecule has 1 fully saturated rings. The quantitative estimate of drug-likeness (QED) is 0.785. The van der Waals surface area contributed by atoms with E-state index in [4.69, 9.17) is 0 Å². The Kier molecular flexibility index (Phi) is 4.55. The molecule has 0 saturated heterocycles. The molecular weight excluding hydrogens is 312 g/mol. The molecule has 2 N–H and O–H groups in total. The van der Waals surface area contributed by atoms with Crippen LogP contribution in [0.25, 0.3) is 0 Å². The maximum atomic E-state index is 12.4. The predicted octanol–water partition coefficient (Wildman–Crippen LogP) is 2.53. The zero-order chi connectivity index (χ0) is 16.4. The Morgan fingerprint density at radius 3 is 2.48 bits per heavy atom. The van der Waals surface area contributed by atoms with Gasteiger partial charge in [-0.1, -0.05) is 19.1 Å². The van der Waals surface area contributed by atoms with Crippen LogP contribution in [0.3, 0.4) is 0 Å². The molecule has 0 spiro atoms. The van der Waals surface area contributed by atoms with Gasteiger partial charge in [0.25, 0.3) is 0 Å². The molecule has 23 heavy (non-hydrogen) atoms. The number of hydrogen-bond donors (Lipinski definition) is 2. The molecule has 3 rings (SSSR count). The fraction of sp³-hybridized carbons (Fsp3) is 0.471. The molecule has 1 aromatic rings. The highest BCUT2D eigenvalue weighted by molar-refractivity contribution is 7.89. The van der Waals surface area contributed by atoms with Crippen LogP contribution in [0.2, 0.25) is 0 Å². The Labute approximate surface area is 137 Å². The van der Waals surface area contributed by atoms with Crippen molar-refractivity contribution in [1.29, 1.82) is 0 Å². The van der Waals surface area contributed by atoms with Gasteiger partial charge in [-0.25, -0.2) is 13.1 Å². The Bertz CT molecular complexity index is 710. The first-order valence-corrected chi connectivity index (χ1v) is 9.57. The lowest BCUT2D eigenvalue weighted by molar-refractivity contribution is -0.120. The van der Waals surface area contributed by atoms with Crippen LogP contribution in [0.1, 0.15) is 26.2 Å². The van der Waals surface area contributed by atoms with Crippen LogP contribution in [0.4, 0.5) is 5.69 Å².